The molecule has 1 fully saturated rings. The fraction of sp³-hybridized carbons (Fsp3) is 0.533. The molecule has 1 saturated heterocycles. The van der Waals surface area contributed by atoms with Gasteiger partial charge in [0.25, 0.3) is 0 Å². The molecule has 1 aliphatic heterocycles. The molecule has 24 heavy (non-hydrogen) atoms. The molecule has 1 atom stereocenters. The van der Waals surface area contributed by atoms with Crippen LogP contribution in [0.4, 0.5) is 0 Å². The molecule has 1 aromatic rings. The molecule has 1 amide bonds. The van der Waals surface area contributed by atoms with E-state index < -0.39 is 10.0 Å². The number of amides is 1. The van der Waals surface area contributed by atoms with Crippen LogP contribution in [0.3, 0.4) is 0 Å². The number of halogens is 1. The van der Waals surface area contributed by atoms with Crippen molar-refractivity contribution < 1.29 is 17.9 Å². The summed E-state index contributed by atoms with van der Waals surface area (Å²) in [6.45, 7) is 4.22. The zero-order valence-corrected chi connectivity index (χ0v) is 15.2. The summed E-state index contributed by atoms with van der Waals surface area (Å²) in [4.78, 5) is 12.0. The molecule has 1 aliphatic rings. The van der Waals surface area contributed by atoms with Crippen LogP contribution in [-0.2, 0) is 19.6 Å². The Balaban J connectivity index is 0.00000288. The number of benzene rings is 1. The Morgan fingerprint density at radius 2 is 2.00 bits per heavy atom. The van der Waals surface area contributed by atoms with Crippen LogP contribution in [0, 0.1) is 6.92 Å². The minimum atomic E-state index is -3.54. The number of nitrogens with one attached hydrogen (secondary N) is 3. The van der Waals surface area contributed by atoms with Crippen LogP contribution in [0.5, 0.6) is 0 Å². The molecule has 1 aromatic carbocycles. The lowest BCUT2D eigenvalue weighted by Gasteiger charge is -2.23. The number of hydrogen-bond acceptors (Lipinski definition) is 5. The smallest absolute Gasteiger partial charge is 0.240 e. The zero-order chi connectivity index (χ0) is 16.7. The third kappa shape index (κ3) is 6.74. The van der Waals surface area contributed by atoms with Crippen molar-refractivity contribution in [3.63, 3.8) is 0 Å². The van der Waals surface area contributed by atoms with Crippen molar-refractivity contribution in [3.05, 3.63) is 29.8 Å². The second-order valence-corrected chi connectivity index (χ2v) is 7.26. The first-order valence-electron chi connectivity index (χ1n) is 7.61. The average molecular weight is 378 g/mol. The fourth-order valence-electron chi connectivity index (χ4n) is 2.23. The monoisotopic (exact) mass is 377 g/mol. The molecular formula is C15H24ClN3O4S. The number of ether oxygens (including phenoxy) is 1. The standard InChI is InChI=1S/C15H23N3O4S.ClH/c1-12-2-4-14(5-3-12)23(20,21)18-7-6-17-15(19)10-13-11-22-9-8-16-13;/h2-5,13,16,18H,6-11H2,1H3,(H,17,19);1H. The molecule has 0 spiro atoms. The number of carbonyl (C=O) groups is 1. The second kappa shape index (κ2) is 9.95. The number of carbonyl (C=O) groups excluding carboxylic acids is 1. The highest BCUT2D eigenvalue weighted by atomic mass is 35.5. The Hall–Kier alpha value is -1.19. The van der Waals surface area contributed by atoms with Crippen molar-refractivity contribution >= 4 is 28.3 Å². The summed E-state index contributed by atoms with van der Waals surface area (Å²) in [7, 11) is -3.54. The minimum Gasteiger partial charge on any atom is -0.378 e. The molecule has 0 aliphatic carbocycles. The van der Waals surface area contributed by atoms with E-state index in [0.717, 1.165) is 12.1 Å². The van der Waals surface area contributed by atoms with E-state index in [2.05, 4.69) is 15.4 Å². The summed E-state index contributed by atoms with van der Waals surface area (Å²) in [6.07, 6.45) is 0.324. The molecule has 0 radical (unpaired) electrons. The molecular weight excluding hydrogens is 354 g/mol. The number of aryl methyl sites for hydroxylation is 1. The molecule has 1 unspecified atom stereocenters. The minimum absolute atomic E-state index is 0. The normalized spacial score (nSPS) is 17.8. The van der Waals surface area contributed by atoms with E-state index in [1.165, 1.54) is 0 Å². The fourth-order valence-corrected chi connectivity index (χ4v) is 3.27. The molecule has 2 rings (SSSR count). The van der Waals surface area contributed by atoms with Gasteiger partial charge in [0.1, 0.15) is 0 Å². The van der Waals surface area contributed by atoms with Gasteiger partial charge in [-0.25, -0.2) is 13.1 Å². The van der Waals surface area contributed by atoms with E-state index in [-0.39, 0.29) is 42.3 Å². The van der Waals surface area contributed by atoms with Crippen LogP contribution in [0.25, 0.3) is 0 Å². The molecule has 0 aromatic heterocycles. The van der Waals surface area contributed by atoms with Crippen LogP contribution in [0.15, 0.2) is 29.2 Å². The summed E-state index contributed by atoms with van der Waals surface area (Å²) in [5, 5.41) is 5.90. The number of hydrogen-bond donors (Lipinski definition) is 3. The number of morpholine rings is 1. The van der Waals surface area contributed by atoms with E-state index in [4.69, 9.17) is 4.74 Å². The van der Waals surface area contributed by atoms with Crippen molar-refractivity contribution in [1.82, 2.24) is 15.4 Å². The third-order valence-electron chi connectivity index (χ3n) is 3.50. The maximum atomic E-state index is 12.1. The SMILES string of the molecule is Cc1ccc(S(=O)(=O)NCCNC(=O)CC2COCCN2)cc1.Cl. The van der Waals surface area contributed by atoms with Crippen molar-refractivity contribution in [3.8, 4) is 0 Å². The van der Waals surface area contributed by atoms with Gasteiger partial charge in [-0.1, -0.05) is 17.7 Å². The van der Waals surface area contributed by atoms with Gasteiger partial charge in [-0.3, -0.25) is 4.79 Å². The molecule has 9 heteroatoms. The molecule has 1 heterocycles. The van der Waals surface area contributed by atoms with Crippen molar-refractivity contribution in [2.75, 3.05) is 32.8 Å². The highest BCUT2D eigenvalue weighted by Gasteiger charge is 2.17. The van der Waals surface area contributed by atoms with Crippen LogP contribution < -0.4 is 15.4 Å². The van der Waals surface area contributed by atoms with Gasteiger partial charge in [0.15, 0.2) is 0 Å². The molecule has 7 nitrogen and oxygen atoms in total. The largest absolute Gasteiger partial charge is 0.378 e. The van der Waals surface area contributed by atoms with Gasteiger partial charge in [0.2, 0.25) is 15.9 Å². The van der Waals surface area contributed by atoms with Crippen LogP contribution in [0.1, 0.15) is 12.0 Å². The average Bonchev–Trinajstić information content (AvgIpc) is 2.53. The molecule has 0 saturated carbocycles. The van der Waals surface area contributed by atoms with Crippen molar-refractivity contribution in [1.29, 1.82) is 0 Å². The van der Waals surface area contributed by atoms with Gasteiger partial charge in [0, 0.05) is 32.1 Å². The van der Waals surface area contributed by atoms with Crippen molar-refractivity contribution in [2.24, 2.45) is 0 Å². The van der Waals surface area contributed by atoms with Gasteiger partial charge in [0.05, 0.1) is 18.1 Å². The predicted octanol–water partition coefficient (Wildman–Crippen LogP) is 0.190. The first-order chi connectivity index (χ1) is 11.0. The lowest BCUT2D eigenvalue weighted by atomic mass is 10.2. The summed E-state index contributed by atoms with van der Waals surface area (Å²) in [5.41, 5.74) is 0.997. The van der Waals surface area contributed by atoms with Gasteiger partial charge >= 0.3 is 0 Å². The maximum absolute atomic E-state index is 12.1. The highest BCUT2D eigenvalue weighted by Crippen LogP contribution is 2.09. The summed E-state index contributed by atoms with van der Waals surface area (Å²) >= 11 is 0. The molecule has 0 bridgehead atoms. The molecule has 136 valence electrons. The van der Waals surface area contributed by atoms with E-state index in [9.17, 15) is 13.2 Å². The first kappa shape index (κ1) is 20.9. The quantitative estimate of drug-likeness (QED) is 0.589. The van der Waals surface area contributed by atoms with Crippen LogP contribution in [0.2, 0.25) is 0 Å². The summed E-state index contributed by atoms with van der Waals surface area (Å²) in [5.74, 6) is -0.123. The van der Waals surface area contributed by atoms with E-state index in [1.54, 1.807) is 24.3 Å². The van der Waals surface area contributed by atoms with Crippen molar-refractivity contribution in [2.45, 2.75) is 24.3 Å². The zero-order valence-electron chi connectivity index (χ0n) is 13.6. The first-order valence-corrected chi connectivity index (χ1v) is 9.10. The van der Waals surface area contributed by atoms with Gasteiger partial charge in [-0.15, -0.1) is 12.4 Å². The van der Waals surface area contributed by atoms with Gasteiger partial charge in [-0.2, -0.15) is 0 Å². The summed E-state index contributed by atoms with van der Waals surface area (Å²) in [6, 6.07) is 6.63. The Labute approximate surface area is 149 Å². The number of sulfonamides is 1. The molecule has 3 N–H and O–H groups in total. The Kier molecular flexibility index (Phi) is 8.65. The van der Waals surface area contributed by atoms with Crippen LogP contribution >= 0.6 is 12.4 Å². The van der Waals surface area contributed by atoms with E-state index in [0.29, 0.717) is 19.6 Å². The van der Waals surface area contributed by atoms with Gasteiger partial charge in [-0.05, 0) is 19.1 Å². The Morgan fingerprint density at radius 1 is 1.29 bits per heavy atom. The van der Waals surface area contributed by atoms with Crippen LogP contribution in [-0.4, -0.2) is 53.2 Å². The predicted molar refractivity (Wildman–Crippen MR) is 93.9 cm³/mol. The lowest BCUT2D eigenvalue weighted by molar-refractivity contribution is -0.122. The number of rotatable bonds is 7. The van der Waals surface area contributed by atoms with E-state index >= 15 is 0 Å². The topological polar surface area (TPSA) is 96.5 Å². The summed E-state index contributed by atoms with van der Waals surface area (Å²) < 4.78 is 31.9. The maximum Gasteiger partial charge on any atom is 0.240 e. The highest BCUT2D eigenvalue weighted by molar-refractivity contribution is 7.89. The van der Waals surface area contributed by atoms with Gasteiger partial charge < -0.3 is 15.4 Å². The Morgan fingerprint density at radius 3 is 2.62 bits per heavy atom. The lowest BCUT2D eigenvalue weighted by Crippen LogP contribution is -2.45. The van der Waals surface area contributed by atoms with E-state index in [1.807, 2.05) is 6.92 Å². The Bertz CT molecular complexity index is 616. The third-order valence-corrected chi connectivity index (χ3v) is 4.98. The second-order valence-electron chi connectivity index (χ2n) is 5.49.